The van der Waals surface area contributed by atoms with E-state index < -0.39 is 53.6 Å². The van der Waals surface area contributed by atoms with E-state index in [9.17, 15) is 28.4 Å². The average Bonchev–Trinajstić information content (AvgIpc) is 3.10. The van der Waals surface area contributed by atoms with E-state index in [0.717, 1.165) is 18.0 Å². The van der Waals surface area contributed by atoms with Gasteiger partial charge < -0.3 is 51.5 Å². The molecule has 3 aromatic rings. The zero-order chi connectivity index (χ0) is 37.2. The standard InChI is InChI=1S/C32H39FN8O9S/c1-49-12-13-50-22-7-5-19(6-8-22)39-32-36-16-23(33)29(41-32)38-21-4-2-3-20(15-21)37-27(44)11-14-51-30(35-17-28(45)46)25(18-42)40-26(43)10-9-24(34)31(47)48/h2-8,15-16,18,24-25,30,35H,9-14,17,34H2,1H3,(H,37,44)(H,40,43)(H,45,46)(H,47,48)(H2,36,38,39,41)/t24-,25?,30+/m0/s1. The van der Waals surface area contributed by atoms with Crippen molar-refractivity contribution in [1.29, 1.82) is 0 Å². The summed E-state index contributed by atoms with van der Waals surface area (Å²) in [6.07, 6.45) is 0.928. The molecular formula is C32H39FN8O9S. The van der Waals surface area contributed by atoms with E-state index in [1.807, 2.05) is 0 Å². The molecular weight excluding hydrogens is 691 g/mol. The van der Waals surface area contributed by atoms with Crippen LogP contribution in [0, 0.1) is 5.82 Å². The fourth-order valence-electron chi connectivity index (χ4n) is 4.16. The minimum absolute atomic E-state index is 0.0591. The predicted octanol–water partition coefficient (Wildman–Crippen LogP) is 2.07. The number of aromatic nitrogens is 2. The first-order valence-electron chi connectivity index (χ1n) is 15.5. The largest absolute Gasteiger partial charge is 0.491 e. The lowest BCUT2D eigenvalue weighted by molar-refractivity contribution is -0.139. The third-order valence-corrected chi connectivity index (χ3v) is 7.96. The van der Waals surface area contributed by atoms with Crippen LogP contribution in [0.15, 0.2) is 54.7 Å². The third-order valence-electron chi connectivity index (χ3n) is 6.70. The van der Waals surface area contributed by atoms with Crippen molar-refractivity contribution >= 4 is 70.6 Å². The number of aliphatic carboxylic acids is 2. The Morgan fingerprint density at radius 3 is 2.43 bits per heavy atom. The highest BCUT2D eigenvalue weighted by Crippen LogP contribution is 2.24. The molecule has 51 heavy (non-hydrogen) atoms. The maximum Gasteiger partial charge on any atom is 0.320 e. The van der Waals surface area contributed by atoms with Gasteiger partial charge in [0.2, 0.25) is 17.8 Å². The monoisotopic (exact) mass is 730 g/mol. The summed E-state index contributed by atoms with van der Waals surface area (Å²) >= 11 is 1.03. The van der Waals surface area contributed by atoms with Crippen molar-refractivity contribution in [3.63, 3.8) is 0 Å². The molecule has 0 saturated carbocycles. The Labute approximate surface area is 296 Å². The molecule has 17 nitrogen and oxygen atoms in total. The summed E-state index contributed by atoms with van der Waals surface area (Å²) in [5, 5.41) is 30.7. The number of thioether (sulfide) groups is 1. The number of hydrogen-bond donors (Lipinski definition) is 8. The maximum absolute atomic E-state index is 14.6. The lowest BCUT2D eigenvalue weighted by Gasteiger charge is -2.24. The van der Waals surface area contributed by atoms with E-state index in [4.69, 9.17) is 25.4 Å². The molecule has 0 aliphatic rings. The van der Waals surface area contributed by atoms with Gasteiger partial charge in [-0.2, -0.15) is 4.98 Å². The van der Waals surface area contributed by atoms with Crippen LogP contribution in [0.25, 0.3) is 0 Å². The number of benzene rings is 2. The number of hydrogen-bond acceptors (Lipinski definition) is 14. The van der Waals surface area contributed by atoms with Gasteiger partial charge in [-0.3, -0.25) is 24.5 Å². The van der Waals surface area contributed by atoms with Crippen LogP contribution in [0.1, 0.15) is 19.3 Å². The van der Waals surface area contributed by atoms with E-state index in [1.54, 1.807) is 55.6 Å². The molecule has 1 aromatic heterocycles. The third kappa shape index (κ3) is 14.6. The lowest BCUT2D eigenvalue weighted by atomic mass is 10.1. The molecule has 3 atom stereocenters. The number of nitrogens with zero attached hydrogens (tertiary/aromatic N) is 2. The second kappa shape index (κ2) is 21.0. The van der Waals surface area contributed by atoms with Crippen molar-refractivity contribution in [2.45, 2.75) is 36.7 Å². The average molecular weight is 731 g/mol. The summed E-state index contributed by atoms with van der Waals surface area (Å²) < 4.78 is 25.1. The van der Waals surface area contributed by atoms with Crippen molar-refractivity contribution in [1.82, 2.24) is 20.6 Å². The zero-order valence-corrected chi connectivity index (χ0v) is 28.3. The van der Waals surface area contributed by atoms with Gasteiger partial charge in [0.05, 0.1) is 24.7 Å². The number of carboxylic acid groups (broad SMARTS) is 2. The molecule has 0 aliphatic heterocycles. The molecule has 0 fully saturated rings. The minimum Gasteiger partial charge on any atom is -0.491 e. The van der Waals surface area contributed by atoms with Gasteiger partial charge in [0.15, 0.2) is 11.6 Å². The fourth-order valence-corrected chi connectivity index (χ4v) is 5.26. The van der Waals surface area contributed by atoms with Crippen LogP contribution in [-0.4, -0.2) is 100 Å². The number of halogens is 1. The predicted molar refractivity (Wildman–Crippen MR) is 187 cm³/mol. The molecule has 274 valence electrons. The molecule has 0 bridgehead atoms. The van der Waals surface area contributed by atoms with Gasteiger partial charge in [0.25, 0.3) is 0 Å². The van der Waals surface area contributed by atoms with E-state index in [0.29, 0.717) is 42.3 Å². The molecule has 1 unspecified atom stereocenters. The van der Waals surface area contributed by atoms with Crippen LogP contribution in [0.2, 0.25) is 0 Å². The highest BCUT2D eigenvalue weighted by atomic mass is 32.2. The van der Waals surface area contributed by atoms with Gasteiger partial charge in [-0.25, -0.2) is 9.37 Å². The van der Waals surface area contributed by atoms with Crippen molar-refractivity contribution in [3.05, 3.63) is 60.5 Å². The molecule has 0 spiro atoms. The molecule has 19 heteroatoms. The number of amides is 2. The number of ether oxygens (including phenoxy) is 2. The summed E-state index contributed by atoms with van der Waals surface area (Å²) in [7, 11) is 1.58. The number of carboxylic acids is 2. The number of rotatable bonds is 23. The quantitative estimate of drug-likeness (QED) is 0.0395. The molecule has 2 amide bonds. The fraction of sp³-hybridized carbons (Fsp3) is 0.344. The van der Waals surface area contributed by atoms with E-state index >= 15 is 0 Å². The van der Waals surface area contributed by atoms with E-state index in [2.05, 4.69) is 36.6 Å². The first-order chi connectivity index (χ1) is 24.5. The summed E-state index contributed by atoms with van der Waals surface area (Å²) in [4.78, 5) is 67.0. The Bertz CT molecular complexity index is 1640. The number of nitrogens with one attached hydrogen (secondary N) is 5. The van der Waals surface area contributed by atoms with Crippen molar-refractivity contribution in [2.75, 3.05) is 48.6 Å². The molecule has 3 rings (SSSR count). The molecule has 0 saturated heterocycles. The van der Waals surface area contributed by atoms with E-state index in [1.165, 1.54) is 0 Å². The van der Waals surface area contributed by atoms with Gasteiger partial charge in [0, 0.05) is 42.8 Å². The number of anilines is 5. The van der Waals surface area contributed by atoms with Gasteiger partial charge in [-0.1, -0.05) is 6.07 Å². The van der Waals surface area contributed by atoms with Gasteiger partial charge in [0.1, 0.15) is 30.7 Å². The van der Waals surface area contributed by atoms with Crippen LogP contribution >= 0.6 is 11.8 Å². The number of aldehydes is 1. The van der Waals surface area contributed by atoms with Crippen molar-refractivity contribution < 1.29 is 48.0 Å². The van der Waals surface area contributed by atoms with Crippen LogP contribution in [-0.2, 0) is 28.7 Å². The lowest BCUT2D eigenvalue weighted by Crippen LogP contribution is -2.50. The molecule has 9 N–H and O–H groups in total. The van der Waals surface area contributed by atoms with Crippen LogP contribution in [0.4, 0.5) is 33.2 Å². The van der Waals surface area contributed by atoms with Crippen molar-refractivity contribution in [3.8, 4) is 5.75 Å². The summed E-state index contributed by atoms with van der Waals surface area (Å²) in [6, 6.07) is 11.0. The van der Waals surface area contributed by atoms with Crippen LogP contribution in [0.3, 0.4) is 0 Å². The second-order valence-electron chi connectivity index (χ2n) is 10.7. The molecule has 0 radical (unpaired) electrons. The smallest absolute Gasteiger partial charge is 0.320 e. The second-order valence-corrected chi connectivity index (χ2v) is 11.9. The first kappa shape index (κ1) is 40.1. The minimum atomic E-state index is -1.28. The Kier molecular flexibility index (Phi) is 16.5. The van der Waals surface area contributed by atoms with Gasteiger partial charge in [-0.05, 0) is 48.9 Å². The zero-order valence-electron chi connectivity index (χ0n) is 27.5. The van der Waals surface area contributed by atoms with Crippen LogP contribution in [0.5, 0.6) is 5.75 Å². The van der Waals surface area contributed by atoms with Gasteiger partial charge in [-0.15, -0.1) is 11.8 Å². The number of nitrogens with two attached hydrogens (primary N) is 1. The highest BCUT2D eigenvalue weighted by molar-refractivity contribution is 7.99. The maximum atomic E-state index is 14.6. The SMILES string of the molecule is COCCOc1ccc(Nc2ncc(F)c(Nc3cccc(NC(=O)CCS[C@@H](NCC(=O)O)C(C=O)NC(=O)CC[C@H](N)C(=O)O)c3)n2)cc1. The number of methoxy groups -OCH3 is 1. The Hall–Kier alpha value is -5.37. The number of carbonyl (C=O) groups is 5. The highest BCUT2D eigenvalue weighted by Gasteiger charge is 2.25. The Morgan fingerprint density at radius 2 is 1.75 bits per heavy atom. The summed E-state index contributed by atoms with van der Waals surface area (Å²) in [5.41, 5.74) is 6.85. The van der Waals surface area contributed by atoms with Crippen LogP contribution < -0.4 is 37.1 Å². The summed E-state index contributed by atoms with van der Waals surface area (Å²) in [6.45, 7) is 0.325. The molecule has 0 aliphatic carbocycles. The Balaban J connectivity index is 1.55. The van der Waals surface area contributed by atoms with E-state index in [-0.39, 0.29) is 36.8 Å². The van der Waals surface area contributed by atoms with Gasteiger partial charge >= 0.3 is 11.9 Å². The first-order valence-corrected chi connectivity index (χ1v) is 16.5. The summed E-state index contributed by atoms with van der Waals surface area (Å²) in [5.74, 6) is -3.49. The molecule has 2 aromatic carbocycles. The normalized spacial score (nSPS) is 12.5. The topological polar surface area (TPSA) is 256 Å². The van der Waals surface area contributed by atoms with Crippen molar-refractivity contribution in [2.24, 2.45) is 5.73 Å². The molecule has 1 heterocycles. The number of carbonyl (C=O) groups excluding carboxylic acids is 3. The Morgan fingerprint density at radius 1 is 1.00 bits per heavy atom.